The normalized spacial score (nSPS) is 11.9. The molecule has 104 valence electrons. The lowest BCUT2D eigenvalue weighted by atomic mass is 10.00. The van der Waals surface area contributed by atoms with E-state index in [0.717, 1.165) is 43.5 Å². The first-order chi connectivity index (χ1) is 9.22. The highest BCUT2D eigenvalue weighted by atomic mass is 35.5. The molecule has 0 aromatic heterocycles. The second kappa shape index (κ2) is 8.85. The summed E-state index contributed by atoms with van der Waals surface area (Å²) < 4.78 is 5.43. The summed E-state index contributed by atoms with van der Waals surface area (Å²) in [5.41, 5.74) is 1.15. The number of nitrogens with one attached hydrogen (secondary N) is 1. The van der Waals surface area contributed by atoms with Crippen LogP contribution in [0.5, 0.6) is 5.75 Å². The van der Waals surface area contributed by atoms with Crippen LogP contribution in [0.15, 0.2) is 18.2 Å². The van der Waals surface area contributed by atoms with Gasteiger partial charge >= 0.3 is 0 Å². The molecule has 0 radical (unpaired) electrons. The molecule has 0 saturated heterocycles. The Morgan fingerprint density at radius 2 is 2.26 bits per heavy atom. The maximum Gasteiger partial charge on any atom is 0.125 e. The Balaban J connectivity index is 2.85. The van der Waals surface area contributed by atoms with Gasteiger partial charge in [-0.15, -0.1) is 12.3 Å². The maximum atomic E-state index is 6.00. The van der Waals surface area contributed by atoms with Crippen LogP contribution in [0.3, 0.4) is 0 Å². The highest BCUT2D eigenvalue weighted by Gasteiger charge is 2.15. The monoisotopic (exact) mass is 279 g/mol. The van der Waals surface area contributed by atoms with Gasteiger partial charge in [-0.2, -0.15) is 0 Å². The molecule has 19 heavy (non-hydrogen) atoms. The SMILES string of the molecule is C#CCCCC(NCCC)c1ccc(Cl)cc1OC. The number of ether oxygens (including phenoxy) is 1. The van der Waals surface area contributed by atoms with E-state index in [4.69, 9.17) is 22.8 Å². The number of hydrogen-bond acceptors (Lipinski definition) is 2. The van der Waals surface area contributed by atoms with Crippen LogP contribution in [-0.2, 0) is 0 Å². The second-order valence-electron chi connectivity index (χ2n) is 4.49. The highest BCUT2D eigenvalue weighted by Crippen LogP contribution is 2.31. The van der Waals surface area contributed by atoms with Crippen molar-refractivity contribution >= 4 is 11.6 Å². The van der Waals surface area contributed by atoms with Gasteiger partial charge in [0.05, 0.1) is 7.11 Å². The Labute approximate surface area is 121 Å². The zero-order valence-corrected chi connectivity index (χ0v) is 12.5. The molecule has 0 spiro atoms. The lowest BCUT2D eigenvalue weighted by molar-refractivity contribution is 0.393. The van der Waals surface area contributed by atoms with Gasteiger partial charge in [0.1, 0.15) is 5.75 Å². The van der Waals surface area contributed by atoms with Crippen molar-refractivity contribution in [2.45, 2.75) is 38.6 Å². The number of terminal acetylenes is 1. The van der Waals surface area contributed by atoms with E-state index in [1.165, 1.54) is 0 Å². The average molecular weight is 280 g/mol. The number of halogens is 1. The summed E-state index contributed by atoms with van der Waals surface area (Å²) >= 11 is 6.00. The summed E-state index contributed by atoms with van der Waals surface area (Å²) in [6.45, 7) is 3.14. The van der Waals surface area contributed by atoms with Crippen molar-refractivity contribution in [1.82, 2.24) is 5.32 Å². The first-order valence-electron chi connectivity index (χ1n) is 6.73. The first-order valence-corrected chi connectivity index (χ1v) is 7.11. The molecule has 0 aliphatic heterocycles. The Morgan fingerprint density at radius 3 is 2.89 bits per heavy atom. The lowest BCUT2D eigenvalue weighted by Crippen LogP contribution is -2.22. The maximum absolute atomic E-state index is 6.00. The molecule has 1 unspecified atom stereocenters. The number of hydrogen-bond donors (Lipinski definition) is 1. The van der Waals surface area contributed by atoms with Gasteiger partial charge in [0, 0.05) is 23.0 Å². The number of benzene rings is 1. The average Bonchev–Trinajstić information content (AvgIpc) is 2.43. The smallest absolute Gasteiger partial charge is 0.125 e. The molecule has 0 heterocycles. The predicted octanol–water partition coefficient (Wildman–Crippen LogP) is 4.19. The van der Waals surface area contributed by atoms with Crippen LogP contribution in [0.25, 0.3) is 0 Å². The van der Waals surface area contributed by atoms with E-state index in [2.05, 4.69) is 18.2 Å². The standard InChI is InChI=1S/C16H22ClNO/c1-4-6-7-8-15(18-11-5-2)14-10-9-13(17)12-16(14)19-3/h1,9-10,12,15,18H,5-8,11H2,2-3H3. The van der Waals surface area contributed by atoms with Gasteiger partial charge in [0.2, 0.25) is 0 Å². The van der Waals surface area contributed by atoms with Crippen LogP contribution < -0.4 is 10.1 Å². The zero-order valence-electron chi connectivity index (χ0n) is 11.7. The van der Waals surface area contributed by atoms with Crippen molar-refractivity contribution in [3.8, 4) is 18.1 Å². The van der Waals surface area contributed by atoms with Crippen LogP contribution in [0.2, 0.25) is 5.02 Å². The van der Waals surface area contributed by atoms with Crippen molar-refractivity contribution in [3.05, 3.63) is 28.8 Å². The highest BCUT2D eigenvalue weighted by molar-refractivity contribution is 6.30. The van der Waals surface area contributed by atoms with Crippen LogP contribution in [0.1, 0.15) is 44.2 Å². The third-order valence-corrected chi connectivity index (χ3v) is 3.26. The molecule has 2 nitrogen and oxygen atoms in total. The fourth-order valence-electron chi connectivity index (χ4n) is 2.07. The van der Waals surface area contributed by atoms with Crippen LogP contribution >= 0.6 is 11.6 Å². The van der Waals surface area contributed by atoms with Crippen LogP contribution in [0, 0.1) is 12.3 Å². The molecule has 0 aliphatic rings. The van der Waals surface area contributed by atoms with Gasteiger partial charge in [-0.25, -0.2) is 0 Å². The molecule has 1 aromatic rings. The molecule has 0 aliphatic carbocycles. The molecule has 3 heteroatoms. The molecular formula is C16H22ClNO. The van der Waals surface area contributed by atoms with Crippen LogP contribution in [-0.4, -0.2) is 13.7 Å². The number of unbranched alkanes of at least 4 members (excludes halogenated alkanes) is 1. The molecule has 1 rings (SSSR count). The largest absolute Gasteiger partial charge is 0.496 e. The molecule has 0 amide bonds. The summed E-state index contributed by atoms with van der Waals surface area (Å²) in [5.74, 6) is 3.52. The van der Waals surface area contributed by atoms with Crippen molar-refractivity contribution in [2.75, 3.05) is 13.7 Å². The molecule has 1 N–H and O–H groups in total. The van der Waals surface area contributed by atoms with Crippen molar-refractivity contribution in [1.29, 1.82) is 0 Å². The Bertz CT molecular complexity index is 425. The summed E-state index contributed by atoms with van der Waals surface area (Å²) in [5, 5.41) is 4.24. The topological polar surface area (TPSA) is 21.3 Å². The van der Waals surface area contributed by atoms with Crippen molar-refractivity contribution in [2.24, 2.45) is 0 Å². The van der Waals surface area contributed by atoms with Gasteiger partial charge in [0.15, 0.2) is 0 Å². The quantitative estimate of drug-likeness (QED) is 0.569. The number of rotatable bonds is 8. The Morgan fingerprint density at radius 1 is 1.47 bits per heavy atom. The minimum atomic E-state index is 0.264. The Kier molecular flexibility index (Phi) is 7.40. The molecular weight excluding hydrogens is 258 g/mol. The van der Waals surface area contributed by atoms with E-state index in [1.54, 1.807) is 7.11 Å². The molecule has 0 saturated carbocycles. The van der Waals surface area contributed by atoms with Gasteiger partial charge < -0.3 is 10.1 Å². The van der Waals surface area contributed by atoms with E-state index in [1.807, 2.05) is 18.2 Å². The van der Waals surface area contributed by atoms with Crippen LogP contribution in [0.4, 0.5) is 0 Å². The lowest BCUT2D eigenvalue weighted by Gasteiger charge is -2.21. The van der Waals surface area contributed by atoms with E-state index < -0.39 is 0 Å². The molecule has 1 atom stereocenters. The Hall–Kier alpha value is -1.17. The summed E-state index contributed by atoms with van der Waals surface area (Å²) in [6, 6.07) is 6.06. The van der Waals surface area contributed by atoms with Gasteiger partial charge in [-0.3, -0.25) is 0 Å². The van der Waals surface area contributed by atoms with Crippen molar-refractivity contribution < 1.29 is 4.74 Å². The first kappa shape index (κ1) is 15.9. The van der Waals surface area contributed by atoms with Gasteiger partial charge in [-0.05, 0) is 37.9 Å². The summed E-state index contributed by atoms with van der Waals surface area (Å²) in [4.78, 5) is 0. The second-order valence-corrected chi connectivity index (χ2v) is 4.93. The molecule has 0 fully saturated rings. The molecule has 1 aromatic carbocycles. The molecule has 0 bridgehead atoms. The zero-order chi connectivity index (χ0) is 14.1. The number of methoxy groups -OCH3 is 1. The fourth-order valence-corrected chi connectivity index (χ4v) is 2.23. The predicted molar refractivity (Wildman–Crippen MR) is 81.7 cm³/mol. The van der Waals surface area contributed by atoms with E-state index in [9.17, 15) is 0 Å². The summed E-state index contributed by atoms with van der Waals surface area (Å²) in [6.07, 6.45) is 9.23. The van der Waals surface area contributed by atoms with E-state index in [-0.39, 0.29) is 6.04 Å². The minimum Gasteiger partial charge on any atom is -0.496 e. The third-order valence-electron chi connectivity index (χ3n) is 3.03. The van der Waals surface area contributed by atoms with E-state index in [0.29, 0.717) is 5.02 Å². The fraction of sp³-hybridized carbons (Fsp3) is 0.500. The van der Waals surface area contributed by atoms with Gasteiger partial charge in [0.25, 0.3) is 0 Å². The minimum absolute atomic E-state index is 0.264. The van der Waals surface area contributed by atoms with Crippen molar-refractivity contribution in [3.63, 3.8) is 0 Å². The third kappa shape index (κ3) is 5.14. The van der Waals surface area contributed by atoms with E-state index >= 15 is 0 Å². The van der Waals surface area contributed by atoms with Gasteiger partial charge in [-0.1, -0.05) is 24.6 Å². The summed E-state index contributed by atoms with van der Waals surface area (Å²) in [7, 11) is 1.67.